The molecule has 0 unspecified atom stereocenters. The van der Waals surface area contributed by atoms with E-state index in [1.807, 2.05) is 30.3 Å². The second-order valence-electron chi connectivity index (χ2n) is 4.71. The molecular formula is C14H18N2O3. The summed E-state index contributed by atoms with van der Waals surface area (Å²) < 4.78 is 0. The van der Waals surface area contributed by atoms with Gasteiger partial charge in [-0.1, -0.05) is 30.3 Å². The minimum absolute atomic E-state index is 0.258. The lowest BCUT2D eigenvalue weighted by Crippen LogP contribution is -2.44. The molecule has 2 rings (SSSR count). The normalized spacial score (nSPS) is 23.9. The van der Waals surface area contributed by atoms with Crippen LogP contribution in [-0.2, 0) is 14.4 Å². The van der Waals surface area contributed by atoms with Crippen LogP contribution < -0.4 is 5.73 Å². The molecule has 5 heteroatoms. The van der Waals surface area contributed by atoms with Crippen LogP contribution in [0, 0.1) is 0 Å². The fourth-order valence-corrected chi connectivity index (χ4v) is 2.31. The highest BCUT2D eigenvalue weighted by atomic mass is 16.7. The topological polar surface area (TPSA) is 72.6 Å². The van der Waals surface area contributed by atoms with Crippen molar-refractivity contribution >= 4 is 11.9 Å². The molecule has 1 saturated heterocycles. The predicted molar refractivity (Wildman–Crippen MR) is 69.6 cm³/mol. The highest BCUT2D eigenvalue weighted by Gasteiger charge is 2.34. The minimum atomic E-state index is -0.604. The molecule has 0 aliphatic carbocycles. The standard InChI is InChI=1S/C14H18N2O3/c1-10(17)19-16-13(11-6-3-2-4-7-11)9-5-8-12(15)14(16)18/h2-4,6-7,12-13H,5,8-9,15H2,1H3/t12-,13-/m1/s1. The van der Waals surface area contributed by atoms with Gasteiger partial charge >= 0.3 is 5.97 Å². The lowest BCUT2D eigenvalue weighted by molar-refractivity contribution is -0.206. The zero-order valence-corrected chi connectivity index (χ0v) is 10.9. The first kappa shape index (κ1) is 13.5. The Morgan fingerprint density at radius 2 is 2.00 bits per heavy atom. The van der Waals surface area contributed by atoms with Crippen LogP contribution in [0.3, 0.4) is 0 Å². The van der Waals surface area contributed by atoms with Crippen molar-refractivity contribution in [2.45, 2.75) is 38.3 Å². The number of nitrogens with two attached hydrogens (primary N) is 1. The Bertz CT molecular complexity index is 461. The van der Waals surface area contributed by atoms with Crippen LogP contribution >= 0.6 is 0 Å². The summed E-state index contributed by atoms with van der Waals surface area (Å²) in [4.78, 5) is 28.5. The smallest absolute Gasteiger partial charge is 0.329 e. The lowest BCUT2D eigenvalue weighted by Gasteiger charge is -2.28. The van der Waals surface area contributed by atoms with Gasteiger partial charge in [-0.3, -0.25) is 9.59 Å². The van der Waals surface area contributed by atoms with E-state index in [1.54, 1.807) is 0 Å². The maximum atomic E-state index is 12.2. The van der Waals surface area contributed by atoms with E-state index in [4.69, 9.17) is 10.6 Å². The Morgan fingerprint density at radius 3 is 2.63 bits per heavy atom. The second kappa shape index (κ2) is 5.84. The Labute approximate surface area is 112 Å². The van der Waals surface area contributed by atoms with Crippen molar-refractivity contribution in [3.63, 3.8) is 0 Å². The molecule has 1 heterocycles. The number of carbonyl (C=O) groups excluding carboxylic acids is 2. The summed E-state index contributed by atoms with van der Waals surface area (Å²) in [5.41, 5.74) is 6.75. The Hall–Kier alpha value is -1.88. The monoisotopic (exact) mass is 262 g/mol. The van der Waals surface area contributed by atoms with Gasteiger partial charge in [-0.05, 0) is 24.8 Å². The Morgan fingerprint density at radius 1 is 1.32 bits per heavy atom. The first-order valence-electron chi connectivity index (χ1n) is 6.41. The molecule has 1 aliphatic rings. The maximum absolute atomic E-state index is 12.2. The van der Waals surface area contributed by atoms with E-state index < -0.39 is 12.0 Å². The summed E-state index contributed by atoms with van der Waals surface area (Å²) in [6.07, 6.45) is 2.17. The predicted octanol–water partition coefficient (Wildman–Crippen LogP) is 1.55. The number of amides is 1. The van der Waals surface area contributed by atoms with Crippen molar-refractivity contribution < 1.29 is 14.4 Å². The van der Waals surface area contributed by atoms with Crippen LogP contribution in [0.15, 0.2) is 30.3 Å². The summed E-state index contributed by atoms with van der Waals surface area (Å²) in [5.74, 6) is -0.843. The third kappa shape index (κ3) is 3.12. The van der Waals surface area contributed by atoms with E-state index in [0.29, 0.717) is 6.42 Å². The number of benzene rings is 1. The van der Waals surface area contributed by atoms with Crippen LogP contribution in [0.25, 0.3) is 0 Å². The van der Waals surface area contributed by atoms with Gasteiger partial charge in [0.05, 0.1) is 12.1 Å². The molecular weight excluding hydrogens is 244 g/mol. The minimum Gasteiger partial charge on any atom is -0.338 e. The summed E-state index contributed by atoms with van der Waals surface area (Å²) in [6.45, 7) is 1.28. The molecule has 2 N–H and O–H groups in total. The molecule has 0 radical (unpaired) electrons. The molecule has 0 spiro atoms. The van der Waals surface area contributed by atoms with E-state index in [1.165, 1.54) is 6.92 Å². The molecule has 19 heavy (non-hydrogen) atoms. The average molecular weight is 262 g/mol. The molecule has 1 aliphatic heterocycles. The molecule has 5 nitrogen and oxygen atoms in total. The maximum Gasteiger partial charge on any atom is 0.329 e. The van der Waals surface area contributed by atoms with Crippen molar-refractivity contribution in [3.8, 4) is 0 Å². The lowest BCUT2D eigenvalue weighted by atomic mass is 10.0. The summed E-state index contributed by atoms with van der Waals surface area (Å²) >= 11 is 0. The first-order valence-corrected chi connectivity index (χ1v) is 6.41. The molecule has 0 aromatic heterocycles. The third-order valence-corrected chi connectivity index (χ3v) is 3.22. The van der Waals surface area contributed by atoms with E-state index in [2.05, 4.69) is 0 Å². The van der Waals surface area contributed by atoms with Crippen LogP contribution in [0.4, 0.5) is 0 Å². The highest BCUT2D eigenvalue weighted by Crippen LogP contribution is 2.30. The van der Waals surface area contributed by atoms with Crippen molar-refractivity contribution in [2.24, 2.45) is 5.73 Å². The number of hydroxylamine groups is 2. The van der Waals surface area contributed by atoms with Gasteiger partial charge in [-0.25, -0.2) is 0 Å². The largest absolute Gasteiger partial charge is 0.338 e. The zero-order chi connectivity index (χ0) is 13.8. The van der Waals surface area contributed by atoms with Gasteiger partial charge in [-0.2, -0.15) is 5.06 Å². The van der Waals surface area contributed by atoms with Crippen molar-refractivity contribution in [1.29, 1.82) is 0 Å². The Balaban J connectivity index is 2.31. The number of carbonyl (C=O) groups is 2. The van der Waals surface area contributed by atoms with E-state index in [-0.39, 0.29) is 11.9 Å². The molecule has 0 bridgehead atoms. The van der Waals surface area contributed by atoms with Crippen LogP contribution in [-0.4, -0.2) is 23.0 Å². The van der Waals surface area contributed by atoms with Crippen LogP contribution in [0.5, 0.6) is 0 Å². The number of hydrogen-bond donors (Lipinski definition) is 1. The number of hydrogen-bond acceptors (Lipinski definition) is 4. The molecule has 1 fully saturated rings. The van der Waals surface area contributed by atoms with Gasteiger partial charge in [0, 0.05) is 6.92 Å². The summed E-state index contributed by atoms with van der Waals surface area (Å²) in [6, 6.07) is 8.69. The first-order chi connectivity index (χ1) is 9.09. The van der Waals surface area contributed by atoms with E-state index in [0.717, 1.165) is 23.5 Å². The number of rotatable bonds is 2. The molecule has 1 aromatic rings. The Kier molecular flexibility index (Phi) is 4.16. The zero-order valence-electron chi connectivity index (χ0n) is 10.9. The summed E-state index contributed by atoms with van der Waals surface area (Å²) in [7, 11) is 0. The molecule has 2 atom stereocenters. The van der Waals surface area contributed by atoms with Crippen molar-refractivity contribution in [3.05, 3.63) is 35.9 Å². The number of nitrogens with zero attached hydrogens (tertiary/aromatic N) is 1. The molecule has 1 aromatic carbocycles. The molecule has 0 saturated carbocycles. The van der Waals surface area contributed by atoms with Gasteiger partial charge in [0.1, 0.15) is 0 Å². The van der Waals surface area contributed by atoms with Gasteiger partial charge in [0.25, 0.3) is 5.91 Å². The molecule has 102 valence electrons. The van der Waals surface area contributed by atoms with Crippen LogP contribution in [0.2, 0.25) is 0 Å². The quantitative estimate of drug-likeness (QED) is 0.877. The fourth-order valence-electron chi connectivity index (χ4n) is 2.31. The highest BCUT2D eigenvalue weighted by molar-refractivity contribution is 5.82. The van der Waals surface area contributed by atoms with Crippen molar-refractivity contribution in [1.82, 2.24) is 5.06 Å². The SMILES string of the molecule is CC(=O)ON1C(=O)[C@H](N)CCC[C@@H]1c1ccccc1. The van der Waals surface area contributed by atoms with E-state index in [9.17, 15) is 9.59 Å². The third-order valence-electron chi connectivity index (χ3n) is 3.22. The van der Waals surface area contributed by atoms with Gasteiger partial charge in [0.15, 0.2) is 0 Å². The fraction of sp³-hybridized carbons (Fsp3) is 0.429. The second-order valence-corrected chi connectivity index (χ2v) is 4.71. The van der Waals surface area contributed by atoms with Crippen molar-refractivity contribution in [2.75, 3.05) is 0 Å². The van der Waals surface area contributed by atoms with Gasteiger partial charge in [0.2, 0.25) is 0 Å². The summed E-state index contributed by atoms with van der Waals surface area (Å²) in [5, 5.41) is 1.15. The van der Waals surface area contributed by atoms with Gasteiger partial charge in [-0.15, -0.1) is 0 Å². The molecule has 1 amide bonds. The van der Waals surface area contributed by atoms with Gasteiger partial charge < -0.3 is 10.6 Å². The van der Waals surface area contributed by atoms with Crippen LogP contribution in [0.1, 0.15) is 37.8 Å². The average Bonchev–Trinajstić information content (AvgIpc) is 2.53. The van der Waals surface area contributed by atoms with E-state index >= 15 is 0 Å².